The average molecular weight is 437 g/mol. The summed E-state index contributed by atoms with van der Waals surface area (Å²) in [4.78, 5) is 5.17. The van der Waals surface area contributed by atoms with E-state index in [2.05, 4.69) is 124 Å². The first-order chi connectivity index (χ1) is 16.0. The zero-order valence-electron chi connectivity index (χ0n) is 20.3. The van der Waals surface area contributed by atoms with Crippen LogP contribution >= 0.6 is 0 Å². The molecule has 2 aromatic carbocycles. The second kappa shape index (κ2) is 10.7. The topological polar surface area (TPSA) is 24.9 Å². The van der Waals surface area contributed by atoms with Gasteiger partial charge in [-0.15, -0.1) is 0 Å². The first kappa shape index (κ1) is 23.0. The molecule has 0 fully saturated rings. The van der Waals surface area contributed by atoms with Crippen LogP contribution in [0.1, 0.15) is 75.2 Å². The third kappa shape index (κ3) is 5.45. The Morgan fingerprint density at radius 3 is 2.15 bits per heavy atom. The average Bonchev–Trinajstić information content (AvgIpc) is 3.12. The lowest BCUT2D eigenvalue weighted by molar-refractivity contribution is 0.547. The largest absolute Gasteiger partial charge is 0.376 e. The van der Waals surface area contributed by atoms with E-state index in [-0.39, 0.29) is 6.04 Å². The van der Waals surface area contributed by atoms with Crippen LogP contribution in [0, 0.1) is 5.92 Å². The van der Waals surface area contributed by atoms with Crippen molar-refractivity contribution in [3.63, 3.8) is 0 Å². The predicted octanol–water partition coefficient (Wildman–Crippen LogP) is 8.67. The lowest BCUT2D eigenvalue weighted by Gasteiger charge is -2.30. The summed E-state index contributed by atoms with van der Waals surface area (Å²) in [6.07, 6.45) is 11.3. The Morgan fingerprint density at radius 1 is 0.758 bits per heavy atom. The molecule has 3 aromatic rings. The van der Waals surface area contributed by atoms with Gasteiger partial charge in [0, 0.05) is 17.2 Å². The summed E-state index contributed by atoms with van der Waals surface area (Å²) in [6.45, 7) is 9.12. The van der Waals surface area contributed by atoms with Crippen molar-refractivity contribution in [2.75, 3.05) is 5.32 Å². The molecule has 170 valence electrons. The van der Waals surface area contributed by atoms with Gasteiger partial charge in [0.1, 0.15) is 0 Å². The summed E-state index contributed by atoms with van der Waals surface area (Å²) in [6, 6.07) is 23.7. The van der Waals surface area contributed by atoms with Gasteiger partial charge >= 0.3 is 0 Å². The quantitative estimate of drug-likeness (QED) is 0.375. The molecule has 33 heavy (non-hydrogen) atoms. The van der Waals surface area contributed by atoms with Crippen LogP contribution in [-0.4, -0.2) is 4.98 Å². The minimum absolute atomic E-state index is 0.0880. The Labute approximate surface area is 199 Å². The van der Waals surface area contributed by atoms with E-state index >= 15 is 0 Å². The number of allylic oxidation sites excluding steroid dienone is 3. The van der Waals surface area contributed by atoms with Crippen LogP contribution in [0.2, 0.25) is 0 Å². The van der Waals surface area contributed by atoms with Gasteiger partial charge in [0.25, 0.3) is 0 Å². The molecule has 0 radical (unpaired) electrons. The van der Waals surface area contributed by atoms with Crippen LogP contribution in [0.15, 0.2) is 91.0 Å². The van der Waals surface area contributed by atoms with Crippen molar-refractivity contribution in [1.82, 2.24) is 4.98 Å². The van der Waals surface area contributed by atoms with Crippen LogP contribution in [0.5, 0.6) is 0 Å². The number of rotatable bonds is 7. The first-order valence-electron chi connectivity index (χ1n) is 12.3. The summed E-state index contributed by atoms with van der Waals surface area (Å²) < 4.78 is 0. The highest BCUT2D eigenvalue weighted by atomic mass is 15.0. The maximum Gasteiger partial charge on any atom is 0.0751 e. The fraction of sp³-hybridized carbons (Fsp3) is 0.323. The lowest BCUT2D eigenvalue weighted by Crippen LogP contribution is -2.22. The van der Waals surface area contributed by atoms with Crippen molar-refractivity contribution >= 4 is 5.69 Å². The fourth-order valence-electron chi connectivity index (χ4n) is 4.68. The third-order valence-corrected chi connectivity index (χ3v) is 6.49. The number of para-hydroxylation sites is 1. The molecule has 0 saturated heterocycles. The van der Waals surface area contributed by atoms with E-state index in [1.54, 1.807) is 0 Å². The fourth-order valence-corrected chi connectivity index (χ4v) is 4.68. The van der Waals surface area contributed by atoms with Gasteiger partial charge in [0.15, 0.2) is 0 Å². The molecular formula is C31H36N2. The molecular weight excluding hydrogens is 400 g/mol. The molecule has 1 aliphatic carbocycles. The van der Waals surface area contributed by atoms with Crippen LogP contribution in [0.3, 0.4) is 0 Å². The molecule has 2 atom stereocenters. The summed E-state index contributed by atoms with van der Waals surface area (Å²) in [5.74, 6) is 1.22. The van der Waals surface area contributed by atoms with Crippen molar-refractivity contribution in [1.29, 1.82) is 0 Å². The molecule has 2 heteroatoms. The highest BCUT2D eigenvalue weighted by Gasteiger charge is 2.25. The summed E-state index contributed by atoms with van der Waals surface area (Å²) in [5, 5.41) is 4.02. The van der Waals surface area contributed by atoms with E-state index < -0.39 is 0 Å². The zero-order valence-corrected chi connectivity index (χ0v) is 20.3. The summed E-state index contributed by atoms with van der Waals surface area (Å²) >= 11 is 0. The molecule has 2 unspecified atom stereocenters. The predicted molar refractivity (Wildman–Crippen MR) is 142 cm³/mol. The molecule has 1 aromatic heterocycles. The number of nitrogens with one attached hydrogen (secondary N) is 1. The van der Waals surface area contributed by atoms with Crippen molar-refractivity contribution < 1.29 is 0 Å². The van der Waals surface area contributed by atoms with Gasteiger partial charge in [-0.1, -0.05) is 107 Å². The van der Waals surface area contributed by atoms with Crippen LogP contribution in [0.4, 0.5) is 5.69 Å². The highest BCUT2D eigenvalue weighted by molar-refractivity contribution is 5.62. The zero-order chi connectivity index (χ0) is 23.2. The maximum atomic E-state index is 5.17. The standard InChI is InChI=1S/C31H36N2/c1-22(2)26-18-12-19-27(23(3)4)31(26)33-30(25-16-8-5-6-9-17-25)29-21-13-20-28(32-29)24-14-10-7-11-15-24/h5,7-15,17-23,25,30,33H,6,16H2,1-4H3. The van der Waals surface area contributed by atoms with E-state index in [4.69, 9.17) is 4.98 Å². The van der Waals surface area contributed by atoms with Crippen molar-refractivity contribution in [2.45, 2.75) is 58.4 Å². The normalized spacial score (nSPS) is 16.7. The SMILES string of the molecule is CC(C)c1cccc(C(C)C)c1NC(c1cccc(-c2ccccc2)n1)C1C=CCC=CC1. The number of hydrogen-bond donors (Lipinski definition) is 1. The van der Waals surface area contributed by atoms with Crippen molar-refractivity contribution in [2.24, 2.45) is 5.92 Å². The van der Waals surface area contributed by atoms with Gasteiger partial charge in [-0.05, 0) is 47.9 Å². The lowest BCUT2D eigenvalue weighted by atomic mass is 9.89. The van der Waals surface area contributed by atoms with Crippen LogP contribution in [0.25, 0.3) is 11.3 Å². The minimum atomic E-state index is 0.0880. The van der Waals surface area contributed by atoms with Gasteiger partial charge < -0.3 is 5.32 Å². The molecule has 1 heterocycles. The summed E-state index contributed by atoms with van der Waals surface area (Å²) in [7, 11) is 0. The summed E-state index contributed by atoms with van der Waals surface area (Å²) in [5.41, 5.74) is 7.29. The molecule has 0 bridgehead atoms. The molecule has 2 nitrogen and oxygen atoms in total. The van der Waals surface area contributed by atoms with E-state index in [1.165, 1.54) is 16.8 Å². The van der Waals surface area contributed by atoms with Crippen molar-refractivity contribution in [3.8, 4) is 11.3 Å². The number of hydrogen-bond acceptors (Lipinski definition) is 2. The van der Waals surface area contributed by atoms with Crippen LogP contribution < -0.4 is 5.32 Å². The minimum Gasteiger partial charge on any atom is -0.376 e. The van der Waals surface area contributed by atoms with Gasteiger partial charge in [-0.2, -0.15) is 0 Å². The molecule has 1 aliphatic rings. The van der Waals surface area contributed by atoms with E-state index in [0.29, 0.717) is 17.8 Å². The van der Waals surface area contributed by atoms with Gasteiger partial charge in [-0.3, -0.25) is 4.98 Å². The molecule has 4 rings (SSSR count). The Balaban J connectivity index is 1.81. The Kier molecular flexibility index (Phi) is 7.44. The Morgan fingerprint density at radius 2 is 1.45 bits per heavy atom. The number of aromatic nitrogens is 1. The van der Waals surface area contributed by atoms with Crippen LogP contribution in [-0.2, 0) is 0 Å². The first-order valence-corrected chi connectivity index (χ1v) is 12.3. The number of anilines is 1. The number of benzene rings is 2. The van der Waals surface area contributed by atoms with Gasteiger partial charge in [-0.25, -0.2) is 0 Å². The Hall–Kier alpha value is -3.13. The molecule has 0 aliphatic heterocycles. The van der Waals surface area contributed by atoms with Gasteiger partial charge in [0.05, 0.1) is 17.4 Å². The second-order valence-corrected chi connectivity index (χ2v) is 9.59. The number of nitrogens with zero attached hydrogens (tertiary/aromatic N) is 1. The highest BCUT2D eigenvalue weighted by Crippen LogP contribution is 2.38. The van der Waals surface area contributed by atoms with E-state index in [9.17, 15) is 0 Å². The Bertz CT molecular complexity index is 1080. The van der Waals surface area contributed by atoms with Gasteiger partial charge in [0.2, 0.25) is 0 Å². The monoisotopic (exact) mass is 436 g/mol. The van der Waals surface area contributed by atoms with E-state index in [1.807, 2.05) is 0 Å². The maximum absolute atomic E-state index is 5.17. The van der Waals surface area contributed by atoms with E-state index in [0.717, 1.165) is 29.8 Å². The van der Waals surface area contributed by atoms with Crippen molar-refractivity contribution in [3.05, 3.63) is 108 Å². The second-order valence-electron chi connectivity index (χ2n) is 9.59. The number of pyridine rings is 1. The third-order valence-electron chi connectivity index (χ3n) is 6.49. The molecule has 0 spiro atoms. The molecule has 0 saturated carbocycles. The molecule has 1 N–H and O–H groups in total. The molecule has 0 amide bonds. The smallest absolute Gasteiger partial charge is 0.0751 e.